The van der Waals surface area contributed by atoms with Gasteiger partial charge in [0.05, 0.1) is 0 Å². The van der Waals surface area contributed by atoms with Crippen LogP contribution >= 0.6 is 0 Å². The van der Waals surface area contributed by atoms with Crippen molar-refractivity contribution in [2.75, 3.05) is 0 Å². The highest BCUT2D eigenvalue weighted by molar-refractivity contribution is 5.73. The van der Waals surface area contributed by atoms with Gasteiger partial charge in [0.1, 0.15) is 0 Å². The lowest BCUT2D eigenvalue weighted by molar-refractivity contribution is -0.120. The summed E-state index contributed by atoms with van der Waals surface area (Å²) >= 11 is 0. The standard InChI is InChI=1S/C10H21NO/c1-7(2)10(5,6)8(3)11-9(4)12/h7-8H,1-6H3,(H,11,12). The largest absolute Gasteiger partial charge is 0.353 e. The Kier molecular flexibility index (Phi) is 3.75. The van der Waals surface area contributed by atoms with Gasteiger partial charge in [-0.05, 0) is 18.3 Å². The Morgan fingerprint density at radius 3 is 1.92 bits per heavy atom. The first-order chi connectivity index (χ1) is 5.28. The topological polar surface area (TPSA) is 29.1 Å². The highest BCUT2D eigenvalue weighted by Crippen LogP contribution is 2.29. The molecular weight excluding hydrogens is 150 g/mol. The van der Waals surface area contributed by atoms with Gasteiger partial charge in [-0.2, -0.15) is 0 Å². The lowest BCUT2D eigenvalue weighted by Gasteiger charge is -2.36. The molecule has 0 radical (unpaired) electrons. The van der Waals surface area contributed by atoms with Crippen molar-refractivity contribution in [3.8, 4) is 0 Å². The molecule has 0 spiro atoms. The van der Waals surface area contributed by atoms with Crippen molar-refractivity contribution >= 4 is 5.91 Å². The lowest BCUT2D eigenvalue weighted by Crippen LogP contribution is -2.44. The maximum atomic E-state index is 10.8. The summed E-state index contributed by atoms with van der Waals surface area (Å²) in [6.07, 6.45) is 0. The molecule has 0 saturated carbocycles. The van der Waals surface area contributed by atoms with E-state index >= 15 is 0 Å². The van der Waals surface area contributed by atoms with Crippen molar-refractivity contribution in [3.05, 3.63) is 0 Å². The van der Waals surface area contributed by atoms with Gasteiger partial charge in [0.15, 0.2) is 0 Å². The fourth-order valence-corrected chi connectivity index (χ4v) is 0.991. The highest BCUT2D eigenvalue weighted by Gasteiger charge is 2.29. The van der Waals surface area contributed by atoms with E-state index in [0.717, 1.165) is 0 Å². The maximum absolute atomic E-state index is 10.8. The molecule has 1 unspecified atom stereocenters. The minimum atomic E-state index is 0.0521. The Hall–Kier alpha value is -0.530. The van der Waals surface area contributed by atoms with E-state index in [4.69, 9.17) is 0 Å². The van der Waals surface area contributed by atoms with Gasteiger partial charge in [-0.25, -0.2) is 0 Å². The van der Waals surface area contributed by atoms with Crippen LogP contribution in [0.25, 0.3) is 0 Å². The zero-order chi connectivity index (χ0) is 9.94. The Bertz CT molecular complexity index is 161. The van der Waals surface area contributed by atoms with Gasteiger partial charge in [-0.3, -0.25) is 4.79 Å². The van der Waals surface area contributed by atoms with Crippen molar-refractivity contribution in [1.82, 2.24) is 5.32 Å². The summed E-state index contributed by atoms with van der Waals surface area (Å²) in [6, 6.07) is 0.231. The summed E-state index contributed by atoms with van der Waals surface area (Å²) in [7, 11) is 0. The molecule has 0 aromatic carbocycles. The quantitative estimate of drug-likeness (QED) is 0.693. The van der Waals surface area contributed by atoms with Crippen LogP contribution in [0.2, 0.25) is 0 Å². The van der Waals surface area contributed by atoms with Crippen molar-refractivity contribution in [3.63, 3.8) is 0 Å². The highest BCUT2D eigenvalue weighted by atomic mass is 16.1. The third-order valence-corrected chi connectivity index (χ3v) is 3.02. The molecule has 0 saturated heterocycles. The van der Waals surface area contributed by atoms with Crippen LogP contribution in [-0.2, 0) is 4.79 Å². The third-order valence-electron chi connectivity index (χ3n) is 3.02. The van der Waals surface area contributed by atoms with Crippen molar-refractivity contribution in [2.45, 2.75) is 47.6 Å². The summed E-state index contributed by atoms with van der Waals surface area (Å²) in [5, 5.41) is 2.93. The van der Waals surface area contributed by atoms with Gasteiger partial charge < -0.3 is 5.32 Å². The van der Waals surface area contributed by atoms with E-state index in [2.05, 4.69) is 39.9 Å². The zero-order valence-corrected chi connectivity index (χ0v) is 9.06. The van der Waals surface area contributed by atoms with Crippen LogP contribution in [0.4, 0.5) is 0 Å². The summed E-state index contributed by atoms with van der Waals surface area (Å²) in [5.41, 5.74) is 0.158. The third kappa shape index (κ3) is 2.84. The first kappa shape index (κ1) is 11.5. The zero-order valence-electron chi connectivity index (χ0n) is 9.06. The van der Waals surface area contributed by atoms with E-state index in [1.165, 1.54) is 0 Å². The number of rotatable bonds is 3. The molecule has 0 bridgehead atoms. The van der Waals surface area contributed by atoms with E-state index in [9.17, 15) is 4.79 Å². The number of amides is 1. The minimum absolute atomic E-state index is 0.0521. The molecule has 1 atom stereocenters. The molecule has 1 N–H and O–H groups in total. The molecule has 2 nitrogen and oxygen atoms in total. The van der Waals surface area contributed by atoms with E-state index in [1.54, 1.807) is 6.92 Å². The summed E-state index contributed by atoms with van der Waals surface area (Å²) in [6.45, 7) is 12.3. The Balaban J connectivity index is 4.24. The predicted molar refractivity (Wildman–Crippen MR) is 51.9 cm³/mol. The van der Waals surface area contributed by atoms with E-state index in [0.29, 0.717) is 5.92 Å². The van der Waals surface area contributed by atoms with Crippen LogP contribution < -0.4 is 5.32 Å². The number of hydrogen-bond donors (Lipinski definition) is 1. The van der Waals surface area contributed by atoms with E-state index < -0.39 is 0 Å². The average molecular weight is 171 g/mol. The van der Waals surface area contributed by atoms with Crippen LogP contribution in [0, 0.1) is 11.3 Å². The molecule has 0 aromatic heterocycles. The van der Waals surface area contributed by atoms with Crippen LogP contribution in [0.1, 0.15) is 41.5 Å². The monoisotopic (exact) mass is 171 g/mol. The van der Waals surface area contributed by atoms with Crippen LogP contribution in [-0.4, -0.2) is 11.9 Å². The average Bonchev–Trinajstić information content (AvgIpc) is 1.85. The molecule has 0 heterocycles. The lowest BCUT2D eigenvalue weighted by atomic mass is 9.75. The molecule has 0 fully saturated rings. The predicted octanol–water partition coefficient (Wildman–Crippen LogP) is 2.19. The smallest absolute Gasteiger partial charge is 0.217 e. The Morgan fingerprint density at radius 1 is 1.25 bits per heavy atom. The number of hydrogen-bond acceptors (Lipinski definition) is 1. The van der Waals surface area contributed by atoms with Gasteiger partial charge in [0.25, 0.3) is 0 Å². The molecule has 0 rings (SSSR count). The Morgan fingerprint density at radius 2 is 1.67 bits per heavy atom. The van der Waals surface area contributed by atoms with Crippen molar-refractivity contribution in [2.24, 2.45) is 11.3 Å². The van der Waals surface area contributed by atoms with Crippen LogP contribution in [0.15, 0.2) is 0 Å². The molecule has 72 valence electrons. The van der Waals surface area contributed by atoms with Gasteiger partial charge in [0, 0.05) is 13.0 Å². The molecule has 0 aliphatic carbocycles. The molecule has 1 amide bonds. The minimum Gasteiger partial charge on any atom is -0.353 e. The number of carbonyl (C=O) groups is 1. The van der Waals surface area contributed by atoms with Crippen molar-refractivity contribution in [1.29, 1.82) is 0 Å². The van der Waals surface area contributed by atoms with E-state index in [-0.39, 0.29) is 17.4 Å². The molecular formula is C10H21NO. The summed E-state index contributed by atoms with van der Waals surface area (Å²) in [4.78, 5) is 10.8. The molecule has 0 aliphatic heterocycles. The summed E-state index contributed by atoms with van der Waals surface area (Å²) < 4.78 is 0. The van der Waals surface area contributed by atoms with Crippen LogP contribution in [0.3, 0.4) is 0 Å². The van der Waals surface area contributed by atoms with E-state index in [1.807, 2.05) is 0 Å². The second-order valence-electron chi connectivity index (χ2n) is 4.40. The maximum Gasteiger partial charge on any atom is 0.217 e. The molecule has 2 heteroatoms. The van der Waals surface area contributed by atoms with Gasteiger partial charge in [-0.1, -0.05) is 27.7 Å². The number of nitrogens with one attached hydrogen (secondary N) is 1. The number of carbonyl (C=O) groups excluding carboxylic acids is 1. The van der Waals surface area contributed by atoms with Gasteiger partial charge in [-0.15, -0.1) is 0 Å². The first-order valence-corrected chi connectivity index (χ1v) is 4.55. The normalized spacial score (nSPS) is 14.6. The second kappa shape index (κ2) is 3.92. The van der Waals surface area contributed by atoms with Gasteiger partial charge >= 0.3 is 0 Å². The molecule has 12 heavy (non-hydrogen) atoms. The SMILES string of the molecule is CC(=O)NC(C)C(C)(C)C(C)C. The fourth-order valence-electron chi connectivity index (χ4n) is 0.991. The van der Waals surface area contributed by atoms with Crippen molar-refractivity contribution < 1.29 is 4.79 Å². The van der Waals surface area contributed by atoms with Gasteiger partial charge in [0.2, 0.25) is 5.91 Å². The summed E-state index contributed by atoms with van der Waals surface area (Å²) in [5.74, 6) is 0.621. The second-order valence-corrected chi connectivity index (χ2v) is 4.40. The molecule has 0 aromatic rings. The molecule has 0 aliphatic rings. The van der Waals surface area contributed by atoms with Crippen LogP contribution in [0.5, 0.6) is 0 Å². The Labute approximate surface area is 75.7 Å². The fraction of sp³-hybridized carbons (Fsp3) is 0.900. The first-order valence-electron chi connectivity index (χ1n) is 4.55.